The number of hydrogen-bond acceptors (Lipinski definition) is 5. The van der Waals surface area contributed by atoms with Crippen LogP contribution >= 0.6 is 0 Å². The molecule has 2 aliphatic heterocycles. The summed E-state index contributed by atoms with van der Waals surface area (Å²) < 4.78 is 26.7. The van der Waals surface area contributed by atoms with Gasteiger partial charge in [0.05, 0.1) is 0 Å². The Morgan fingerprint density at radius 1 is 1.14 bits per heavy atom. The number of rotatable bonds is 3. The molecule has 1 aromatic heterocycles. The number of likely N-dealkylation sites (tertiary alicyclic amines) is 2. The molecule has 4 rings (SSSR count). The molecule has 1 unspecified atom stereocenters. The molecular formula is C21H25F2N5O. The zero-order chi connectivity index (χ0) is 20.6. The average Bonchev–Trinajstić information content (AvgIpc) is 3.06. The van der Waals surface area contributed by atoms with Gasteiger partial charge in [-0.05, 0) is 56.5 Å². The minimum absolute atomic E-state index is 0.0279. The molecule has 1 aromatic carbocycles. The topological polar surface area (TPSA) is 75.4 Å². The minimum atomic E-state index is -0.825. The van der Waals surface area contributed by atoms with Crippen LogP contribution in [0.15, 0.2) is 24.3 Å². The summed E-state index contributed by atoms with van der Waals surface area (Å²) in [7, 11) is 0. The first-order valence-corrected chi connectivity index (χ1v) is 9.90. The van der Waals surface area contributed by atoms with Gasteiger partial charge in [0.1, 0.15) is 5.69 Å². The van der Waals surface area contributed by atoms with Crippen molar-refractivity contribution in [2.24, 2.45) is 5.41 Å². The van der Waals surface area contributed by atoms with Crippen molar-refractivity contribution in [1.82, 2.24) is 19.8 Å². The number of amides is 1. The van der Waals surface area contributed by atoms with Crippen LogP contribution in [-0.4, -0.2) is 51.9 Å². The van der Waals surface area contributed by atoms with Crippen LogP contribution in [0.3, 0.4) is 0 Å². The maximum atomic E-state index is 13.5. The fraction of sp³-hybridized carbons (Fsp3) is 0.476. The molecule has 1 amide bonds. The molecule has 2 aliphatic rings. The second-order valence-corrected chi connectivity index (χ2v) is 8.29. The SMILES string of the molecule is Cc1cc(C(=O)N2CCC3(CCCN(Cc4ccc(F)c(F)c4)C3)C2)nc(N)n1. The number of hydrogen-bond donors (Lipinski definition) is 1. The van der Waals surface area contributed by atoms with E-state index >= 15 is 0 Å². The summed E-state index contributed by atoms with van der Waals surface area (Å²) in [6.45, 7) is 5.47. The second kappa shape index (κ2) is 7.67. The third kappa shape index (κ3) is 4.22. The van der Waals surface area contributed by atoms with Gasteiger partial charge in [0.2, 0.25) is 5.95 Å². The van der Waals surface area contributed by atoms with Gasteiger partial charge < -0.3 is 10.6 Å². The molecule has 1 atom stereocenters. The number of aryl methyl sites for hydroxylation is 1. The van der Waals surface area contributed by atoms with Crippen molar-refractivity contribution >= 4 is 11.9 Å². The number of carbonyl (C=O) groups excluding carboxylic acids is 1. The van der Waals surface area contributed by atoms with Crippen LogP contribution in [0.5, 0.6) is 0 Å². The summed E-state index contributed by atoms with van der Waals surface area (Å²) in [6.07, 6.45) is 2.99. The molecule has 8 heteroatoms. The first kappa shape index (κ1) is 19.7. The lowest BCUT2D eigenvalue weighted by Gasteiger charge is -2.40. The summed E-state index contributed by atoms with van der Waals surface area (Å²) in [5, 5.41) is 0. The lowest BCUT2D eigenvalue weighted by atomic mass is 9.79. The highest BCUT2D eigenvalue weighted by Gasteiger charge is 2.43. The van der Waals surface area contributed by atoms with Crippen LogP contribution in [0, 0.1) is 24.0 Å². The van der Waals surface area contributed by atoms with Crippen molar-refractivity contribution in [2.45, 2.75) is 32.7 Å². The molecule has 0 bridgehead atoms. The van der Waals surface area contributed by atoms with Crippen LogP contribution in [0.25, 0.3) is 0 Å². The highest BCUT2D eigenvalue weighted by atomic mass is 19.2. The van der Waals surface area contributed by atoms with Crippen molar-refractivity contribution in [3.63, 3.8) is 0 Å². The first-order valence-electron chi connectivity index (χ1n) is 9.90. The predicted molar refractivity (Wildman–Crippen MR) is 105 cm³/mol. The predicted octanol–water partition coefficient (Wildman–Crippen LogP) is 2.77. The summed E-state index contributed by atoms with van der Waals surface area (Å²) in [5.74, 6) is -1.64. The number of halogens is 2. The molecule has 154 valence electrons. The summed E-state index contributed by atoms with van der Waals surface area (Å²) >= 11 is 0. The van der Waals surface area contributed by atoms with Gasteiger partial charge in [-0.2, -0.15) is 0 Å². The molecule has 2 aromatic rings. The Labute approximate surface area is 168 Å². The van der Waals surface area contributed by atoms with Crippen LogP contribution < -0.4 is 5.73 Å². The number of nitrogens with two attached hydrogens (primary N) is 1. The number of piperidine rings is 1. The van der Waals surface area contributed by atoms with Crippen molar-refractivity contribution in [2.75, 3.05) is 31.9 Å². The molecule has 0 radical (unpaired) electrons. The van der Waals surface area contributed by atoms with E-state index < -0.39 is 11.6 Å². The Bertz CT molecular complexity index is 917. The second-order valence-electron chi connectivity index (χ2n) is 8.29. The fourth-order valence-electron chi connectivity index (χ4n) is 4.65. The summed E-state index contributed by atoms with van der Waals surface area (Å²) in [5.41, 5.74) is 7.49. The van der Waals surface area contributed by atoms with Crippen LogP contribution in [0.2, 0.25) is 0 Å². The Balaban J connectivity index is 1.43. The van der Waals surface area contributed by atoms with Crippen LogP contribution in [0.1, 0.15) is 41.0 Å². The smallest absolute Gasteiger partial charge is 0.272 e. The molecule has 2 N–H and O–H groups in total. The van der Waals surface area contributed by atoms with Gasteiger partial charge in [0.25, 0.3) is 5.91 Å². The molecule has 6 nitrogen and oxygen atoms in total. The molecule has 0 aliphatic carbocycles. The number of aromatic nitrogens is 2. The normalized spacial score (nSPS) is 22.4. The highest BCUT2D eigenvalue weighted by Crippen LogP contribution is 2.39. The van der Waals surface area contributed by atoms with Gasteiger partial charge in [0, 0.05) is 37.3 Å². The third-order valence-electron chi connectivity index (χ3n) is 5.95. The number of carbonyl (C=O) groups is 1. The lowest BCUT2D eigenvalue weighted by Crippen LogP contribution is -2.45. The first-order chi connectivity index (χ1) is 13.8. The lowest BCUT2D eigenvalue weighted by molar-refractivity contribution is 0.0670. The van der Waals surface area contributed by atoms with Crippen molar-refractivity contribution in [1.29, 1.82) is 0 Å². The fourth-order valence-corrected chi connectivity index (χ4v) is 4.65. The van der Waals surface area contributed by atoms with E-state index in [4.69, 9.17) is 5.73 Å². The molecule has 3 heterocycles. The van der Waals surface area contributed by atoms with E-state index in [0.717, 1.165) is 37.9 Å². The standard InChI is InChI=1S/C21H25F2N5O/c1-14-9-18(26-20(24)25-14)19(29)28-8-6-21(13-28)5-2-7-27(12-21)11-15-3-4-16(22)17(23)10-15/h3-4,9-10H,2,5-8,11-13H2,1H3,(H2,24,25,26). The molecule has 0 saturated carbocycles. The zero-order valence-electron chi connectivity index (χ0n) is 16.5. The van der Waals surface area contributed by atoms with Crippen molar-refractivity contribution in [3.8, 4) is 0 Å². The maximum absolute atomic E-state index is 13.5. The summed E-state index contributed by atoms with van der Waals surface area (Å²) in [4.78, 5) is 25.2. The van der Waals surface area contributed by atoms with Crippen LogP contribution in [-0.2, 0) is 6.54 Å². The van der Waals surface area contributed by atoms with Crippen molar-refractivity contribution < 1.29 is 13.6 Å². The van der Waals surface area contributed by atoms with Gasteiger partial charge in [-0.1, -0.05) is 6.07 Å². The van der Waals surface area contributed by atoms with Gasteiger partial charge in [-0.3, -0.25) is 9.69 Å². The number of nitrogen functional groups attached to an aromatic ring is 1. The van der Waals surface area contributed by atoms with E-state index in [1.54, 1.807) is 19.1 Å². The molecule has 29 heavy (non-hydrogen) atoms. The van der Waals surface area contributed by atoms with E-state index in [9.17, 15) is 13.6 Å². The van der Waals surface area contributed by atoms with E-state index in [1.165, 1.54) is 12.1 Å². The monoisotopic (exact) mass is 401 g/mol. The quantitative estimate of drug-likeness (QED) is 0.856. The third-order valence-corrected chi connectivity index (χ3v) is 5.95. The molecule has 1 spiro atoms. The molecular weight excluding hydrogens is 376 g/mol. The average molecular weight is 401 g/mol. The number of benzene rings is 1. The Morgan fingerprint density at radius 2 is 1.97 bits per heavy atom. The molecule has 2 saturated heterocycles. The van der Waals surface area contributed by atoms with Crippen LogP contribution in [0.4, 0.5) is 14.7 Å². The van der Waals surface area contributed by atoms with E-state index in [0.29, 0.717) is 31.0 Å². The van der Waals surface area contributed by atoms with E-state index in [2.05, 4.69) is 14.9 Å². The Hall–Kier alpha value is -2.61. The minimum Gasteiger partial charge on any atom is -0.368 e. The van der Waals surface area contributed by atoms with Gasteiger partial charge in [-0.25, -0.2) is 18.7 Å². The largest absolute Gasteiger partial charge is 0.368 e. The van der Waals surface area contributed by atoms with E-state index in [1.807, 2.05) is 4.90 Å². The van der Waals surface area contributed by atoms with Gasteiger partial charge >= 0.3 is 0 Å². The Morgan fingerprint density at radius 3 is 2.72 bits per heavy atom. The zero-order valence-corrected chi connectivity index (χ0v) is 16.5. The van der Waals surface area contributed by atoms with E-state index in [-0.39, 0.29) is 17.3 Å². The van der Waals surface area contributed by atoms with Crippen molar-refractivity contribution in [3.05, 3.63) is 52.9 Å². The highest BCUT2D eigenvalue weighted by molar-refractivity contribution is 5.92. The van der Waals surface area contributed by atoms with Gasteiger partial charge in [-0.15, -0.1) is 0 Å². The number of nitrogens with zero attached hydrogens (tertiary/aromatic N) is 4. The number of anilines is 1. The summed E-state index contributed by atoms with van der Waals surface area (Å²) in [6, 6.07) is 5.74. The van der Waals surface area contributed by atoms with Gasteiger partial charge in [0.15, 0.2) is 11.6 Å². The molecule has 2 fully saturated rings. The Kier molecular flexibility index (Phi) is 5.21. The maximum Gasteiger partial charge on any atom is 0.272 e.